The lowest BCUT2D eigenvalue weighted by Crippen LogP contribution is -2.10. The van der Waals surface area contributed by atoms with Gasteiger partial charge in [0, 0.05) is 6.08 Å². The molecular formula is C12H14O4. The largest absolute Gasteiger partial charge is 0.463 e. The molecule has 0 aliphatic heterocycles. The summed E-state index contributed by atoms with van der Waals surface area (Å²) in [5.41, 5.74) is 0.595. The molecule has 0 spiro atoms. The molecule has 0 aromatic rings. The molecule has 1 rings (SSSR count). The number of carbonyl (C=O) groups excluding carboxylic acids is 2. The number of hydrogen-bond acceptors (Lipinski definition) is 4. The number of esters is 2. The zero-order valence-electron chi connectivity index (χ0n) is 8.98. The zero-order valence-corrected chi connectivity index (χ0v) is 8.98. The third kappa shape index (κ3) is 4.13. The van der Waals surface area contributed by atoms with Gasteiger partial charge < -0.3 is 9.47 Å². The third-order valence-corrected chi connectivity index (χ3v) is 1.97. The minimum absolute atomic E-state index is 0.300. The average Bonchev–Trinajstić information content (AvgIpc) is 2.20. The quantitative estimate of drug-likeness (QED) is 0.372. The SMILES string of the molecule is C=CC(=O)OCCCCOC(=O)C1=CC=C1. The molecule has 1 aliphatic rings. The molecule has 0 aromatic carbocycles. The number of rotatable bonds is 7. The van der Waals surface area contributed by atoms with Crippen molar-refractivity contribution in [3.8, 4) is 0 Å². The minimum Gasteiger partial charge on any atom is -0.463 e. The van der Waals surface area contributed by atoms with Gasteiger partial charge >= 0.3 is 11.9 Å². The Labute approximate surface area is 94.2 Å². The molecule has 0 saturated carbocycles. The van der Waals surface area contributed by atoms with Crippen LogP contribution in [0.15, 0.2) is 36.5 Å². The van der Waals surface area contributed by atoms with Crippen molar-refractivity contribution in [2.75, 3.05) is 13.2 Å². The number of carbonyl (C=O) groups is 2. The highest BCUT2D eigenvalue weighted by atomic mass is 16.5. The van der Waals surface area contributed by atoms with Crippen molar-refractivity contribution in [1.82, 2.24) is 0 Å². The van der Waals surface area contributed by atoms with Crippen LogP contribution in [0.2, 0.25) is 0 Å². The van der Waals surface area contributed by atoms with Crippen LogP contribution in [0.5, 0.6) is 0 Å². The van der Waals surface area contributed by atoms with Crippen LogP contribution in [0.3, 0.4) is 0 Å². The van der Waals surface area contributed by atoms with Gasteiger partial charge in [-0.05, 0) is 25.0 Å². The second-order valence-electron chi connectivity index (χ2n) is 3.20. The maximum atomic E-state index is 11.2. The Morgan fingerprint density at radius 3 is 2.38 bits per heavy atom. The van der Waals surface area contributed by atoms with E-state index in [0.717, 1.165) is 6.08 Å². The van der Waals surface area contributed by atoms with Gasteiger partial charge in [-0.2, -0.15) is 0 Å². The Hall–Kier alpha value is -1.84. The van der Waals surface area contributed by atoms with Crippen LogP contribution < -0.4 is 0 Å². The molecule has 0 radical (unpaired) electrons. The normalized spacial score (nSPS) is 12.4. The molecule has 0 bridgehead atoms. The van der Waals surface area contributed by atoms with Gasteiger partial charge in [-0.3, -0.25) is 0 Å². The van der Waals surface area contributed by atoms with Gasteiger partial charge in [-0.25, -0.2) is 9.59 Å². The fraction of sp³-hybridized carbons (Fsp3) is 0.333. The maximum absolute atomic E-state index is 11.2. The number of hydrogen-bond donors (Lipinski definition) is 0. The van der Waals surface area contributed by atoms with E-state index in [2.05, 4.69) is 6.58 Å². The van der Waals surface area contributed by atoms with Crippen LogP contribution in [0, 0.1) is 0 Å². The minimum atomic E-state index is -0.429. The second kappa shape index (κ2) is 6.61. The van der Waals surface area contributed by atoms with Crippen molar-refractivity contribution in [2.45, 2.75) is 12.8 Å². The van der Waals surface area contributed by atoms with Crippen molar-refractivity contribution in [3.63, 3.8) is 0 Å². The van der Waals surface area contributed by atoms with Gasteiger partial charge in [0.1, 0.15) is 0 Å². The van der Waals surface area contributed by atoms with Crippen LogP contribution in [0.1, 0.15) is 12.8 Å². The highest BCUT2D eigenvalue weighted by Crippen LogP contribution is 2.09. The molecular weight excluding hydrogens is 208 g/mol. The highest BCUT2D eigenvalue weighted by Gasteiger charge is 2.10. The summed E-state index contributed by atoms with van der Waals surface area (Å²) in [6, 6.07) is 0. The van der Waals surface area contributed by atoms with E-state index >= 15 is 0 Å². The van der Waals surface area contributed by atoms with Crippen molar-refractivity contribution < 1.29 is 19.1 Å². The molecule has 0 atom stereocenters. The Morgan fingerprint density at radius 2 is 1.88 bits per heavy atom. The lowest BCUT2D eigenvalue weighted by atomic mass is 10.1. The molecule has 0 unspecified atom stereocenters. The van der Waals surface area contributed by atoms with Crippen LogP contribution in [-0.4, -0.2) is 25.2 Å². The molecule has 0 amide bonds. The standard InChI is InChI=1S/C12H14O4/c1-2-11(13)15-8-3-4-9-16-12(14)10-6-5-7-10/h2,5-7H,1,3-4,8-9H2. The summed E-state index contributed by atoms with van der Waals surface area (Å²) < 4.78 is 9.72. The molecule has 0 fully saturated rings. The van der Waals surface area contributed by atoms with Crippen LogP contribution in [-0.2, 0) is 19.1 Å². The Morgan fingerprint density at radius 1 is 1.25 bits per heavy atom. The fourth-order valence-electron chi connectivity index (χ4n) is 1.01. The number of ether oxygens (including phenoxy) is 2. The lowest BCUT2D eigenvalue weighted by Gasteiger charge is -2.07. The Bertz CT molecular complexity index is 339. The molecule has 0 saturated heterocycles. The first-order valence-corrected chi connectivity index (χ1v) is 5.08. The summed E-state index contributed by atoms with van der Waals surface area (Å²) in [6.07, 6.45) is 7.65. The molecule has 0 heterocycles. The third-order valence-electron chi connectivity index (χ3n) is 1.97. The van der Waals surface area contributed by atoms with E-state index in [-0.39, 0.29) is 5.97 Å². The molecule has 4 heteroatoms. The molecule has 16 heavy (non-hydrogen) atoms. The van der Waals surface area contributed by atoms with Crippen LogP contribution in [0.4, 0.5) is 0 Å². The maximum Gasteiger partial charge on any atom is 0.338 e. The van der Waals surface area contributed by atoms with Gasteiger partial charge in [0.15, 0.2) is 0 Å². The van der Waals surface area contributed by atoms with E-state index in [0.29, 0.717) is 31.6 Å². The van der Waals surface area contributed by atoms with E-state index in [1.165, 1.54) is 0 Å². The topological polar surface area (TPSA) is 52.6 Å². The van der Waals surface area contributed by atoms with E-state index in [1.54, 1.807) is 18.2 Å². The first-order valence-electron chi connectivity index (χ1n) is 5.08. The number of unbranched alkanes of at least 4 members (excludes halogenated alkanes) is 1. The predicted octanol–water partition coefficient (Wildman–Crippen LogP) is 1.54. The fourth-order valence-corrected chi connectivity index (χ4v) is 1.01. The Balaban J connectivity index is 1.93. The van der Waals surface area contributed by atoms with Gasteiger partial charge in [-0.15, -0.1) is 0 Å². The van der Waals surface area contributed by atoms with Crippen molar-refractivity contribution in [1.29, 1.82) is 0 Å². The smallest absolute Gasteiger partial charge is 0.338 e. The van der Waals surface area contributed by atoms with Gasteiger partial charge in [-0.1, -0.05) is 12.7 Å². The molecule has 86 valence electrons. The summed E-state index contributed by atoms with van der Waals surface area (Å²) in [5.74, 6) is -0.729. The zero-order chi connectivity index (χ0) is 11.8. The van der Waals surface area contributed by atoms with E-state index in [1.807, 2.05) is 0 Å². The monoisotopic (exact) mass is 222 g/mol. The first-order chi connectivity index (χ1) is 7.74. The van der Waals surface area contributed by atoms with Gasteiger partial charge in [0.05, 0.1) is 18.8 Å². The molecule has 0 N–H and O–H groups in total. The van der Waals surface area contributed by atoms with E-state index < -0.39 is 5.97 Å². The molecule has 0 aromatic heterocycles. The summed E-state index contributed by atoms with van der Waals surface area (Å²) in [7, 11) is 0. The van der Waals surface area contributed by atoms with E-state index in [9.17, 15) is 9.59 Å². The van der Waals surface area contributed by atoms with Crippen molar-refractivity contribution >= 4 is 11.9 Å². The summed E-state index contributed by atoms with van der Waals surface area (Å²) >= 11 is 0. The lowest BCUT2D eigenvalue weighted by molar-refractivity contribution is -0.140. The van der Waals surface area contributed by atoms with Crippen LogP contribution in [0.25, 0.3) is 0 Å². The van der Waals surface area contributed by atoms with Gasteiger partial charge in [0.2, 0.25) is 0 Å². The number of allylic oxidation sites excluding steroid dienone is 2. The van der Waals surface area contributed by atoms with Crippen molar-refractivity contribution in [3.05, 3.63) is 36.5 Å². The molecule has 4 nitrogen and oxygen atoms in total. The second-order valence-corrected chi connectivity index (χ2v) is 3.20. The van der Waals surface area contributed by atoms with Crippen molar-refractivity contribution in [2.24, 2.45) is 0 Å². The highest BCUT2D eigenvalue weighted by molar-refractivity contribution is 5.94. The summed E-state index contributed by atoms with van der Waals surface area (Å²) in [6.45, 7) is 3.94. The average molecular weight is 222 g/mol. The predicted molar refractivity (Wildman–Crippen MR) is 58.6 cm³/mol. The van der Waals surface area contributed by atoms with E-state index in [4.69, 9.17) is 9.47 Å². The summed E-state index contributed by atoms with van der Waals surface area (Å²) in [5, 5.41) is 0. The first kappa shape index (κ1) is 12.2. The van der Waals surface area contributed by atoms with Crippen LogP contribution >= 0.6 is 0 Å². The Kier molecular flexibility index (Phi) is 5.05. The van der Waals surface area contributed by atoms with Gasteiger partial charge in [0.25, 0.3) is 0 Å². The summed E-state index contributed by atoms with van der Waals surface area (Å²) in [4.78, 5) is 21.8. The molecule has 1 aliphatic carbocycles.